The molecule has 0 spiro atoms. The molecule has 0 aromatic carbocycles. The molecule has 16 heavy (non-hydrogen) atoms. The third-order valence-corrected chi connectivity index (χ3v) is 5.24. The molecule has 0 radical (unpaired) electrons. The van der Waals surface area contributed by atoms with Crippen LogP contribution in [-0.2, 0) is 0 Å². The van der Waals surface area contributed by atoms with Gasteiger partial charge in [-0.1, -0.05) is 13.8 Å². The lowest BCUT2D eigenvalue weighted by Crippen LogP contribution is -2.55. The summed E-state index contributed by atoms with van der Waals surface area (Å²) in [5, 5.41) is 7.40. The fraction of sp³-hybridized carbons (Fsp3) is 1.00. The minimum absolute atomic E-state index is 0.521. The molecule has 2 heteroatoms. The van der Waals surface area contributed by atoms with Crippen LogP contribution in [0.5, 0.6) is 0 Å². The molecule has 1 heterocycles. The van der Waals surface area contributed by atoms with Crippen LogP contribution in [-0.4, -0.2) is 25.2 Å². The van der Waals surface area contributed by atoms with E-state index in [1.54, 1.807) is 0 Å². The Morgan fingerprint density at radius 1 is 1.00 bits per heavy atom. The molecular weight excluding hydrogens is 196 g/mol. The first kappa shape index (κ1) is 12.4. The van der Waals surface area contributed by atoms with E-state index in [0.29, 0.717) is 11.0 Å². The lowest BCUT2D eigenvalue weighted by molar-refractivity contribution is 0.116. The van der Waals surface area contributed by atoms with Gasteiger partial charge in [-0.25, -0.2) is 0 Å². The molecular formula is C14H28N2. The Morgan fingerprint density at radius 3 is 2.12 bits per heavy atom. The third kappa shape index (κ3) is 2.43. The van der Waals surface area contributed by atoms with E-state index in [1.165, 1.54) is 64.6 Å². The fourth-order valence-electron chi connectivity index (χ4n) is 3.25. The quantitative estimate of drug-likeness (QED) is 0.750. The van der Waals surface area contributed by atoms with Gasteiger partial charge in [0.2, 0.25) is 0 Å². The third-order valence-electron chi connectivity index (χ3n) is 5.24. The molecule has 2 nitrogen and oxygen atoms in total. The molecule has 0 amide bonds. The van der Waals surface area contributed by atoms with Crippen LogP contribution in [0.1, 0.15) is 58.8 Å². The predicted molar refractivity (Wildman–Crippen MR) is 69.7 cm³/mol. The summed E-state index contributed by atoms with van der Waals surface area (Å²) in [7, 11) is 0. The van der Waals surface area contributed by atoms with Gasteiger partial charge in [0.25, 0.3) is 0 Å². The van der Waals surface area contributed by atoms with Crippen molar-refractivity contribution in [2.75, 3.05) is 19.6 Å². The van der Waals surface area contributed by atoms with E-state index in [0.717, 1.165) is 0 Å². The van der Waals surface area contributed by atoms with Crippen LogP contribution in [0.2, 0.25) is 0 Å². The highest BCUT2D eigenvalue weighted by Crippen LogP contribution is 2.37. The SMILES string of the molecule is CCC1(CNC2(CC)CCC2)CCNCC1. The second kappa shape index (κ2) is 5.05. The van der Waals surface area contributed by atoms with Gasteiger partial charge < -0.3 is 10.6 Å². The molecule has 2 fully saturated rings. The van der Waals surface area contributed by atoms with E-state index >= 15 is 0 Å². The summed E-state index contributed by atoms with van der Waals surface area (Å²) in [6.45, 7) is 8.39. The molecule has 0 atom stereocenters. The maximum atomic E-state index is 3.92. The minimum Gasteiger partial charge on any atom is -0.317 e. The van der Waals surface area contributed by atoms with Gasteiger partial charge in [0, 0.05) is 12.1 Å². The molecule has 0 aromatic heterocycles. The van der Waals surface area contributed by atoms with Crippen LogP contribution >= 0.6 is 0 Å². The lowest BCUT2D eigenvalue weighted by atomic mass is 9.72. The first-order chi connectivity index (χ1) is 7.74. The van der Waals surface area contributed by atoms with Crippen LogP contribution < -0.4 is 10.6 Å². The Bertz CT molecular complexity index is 209. The normalized spacial score (nSPS) is 27.4. The topological polar surface area (TPSA) is 24.1 Å². The maximum absolute atomic E-state index is 3.92. The van der Waals surface area contributed by atoms with Crippen LogP contribution in [0.4, 0.5) is 0 Å². The van der Waals surface area contributed by atoms with Crippen molar-refractivity contribution in [1.29, 1.82) is 0 Å². The summed E-state index contributed by atoms with van der Waals surface area (Å²) < 4.78 is 0. The molecule has 2 N–H and O–H groups in total. The molecule has 1 aliphatic heterocycles. The molecule has 2 rings (SSSR count). The first-order valence-electron chi connectivity index (χ1n) is 7.20. The molecule has 94 valence electrons. The van der Waals surface area contributed by atoms with Gasteiger partial charge in [0.1, 0.15) is 0 Å². The van der Waals surface area contributed by atoms with Crippen molar-refractivity contribution in [2.45, 2.75) is 64.3 Å². The van der Waals surface area contributed by atoms with E-state index in [4.69, 9.17) is 0 Å². The van der Waals surface area contributed by atoms with Crippen LogP contribution in [0.25, 0.3) is 0 Å². The maximum Gasteiger partial charge on any atom is 0.0179 e. The Kier molecular flexibility index (Phi) is 3.91. The monoisotopic (exact) mass is 224 g/mol. The lowest BCUT2D eigenvalue weighted by Gasteiger charge is -2.46. The smallest absolute Gasteiger partial charge is 0.0179 e. The Morgan fingerprint density at radius 2 is 1.69 bits per heavy atom. The van der Waals surface area contributed by atoms with Crippen molar-refractivity contribution in [3.8, 4) is 0 Å². The number of piperidine rings is 1. The zero-order chi connectivity index (χ0) is 11.5. The van der Waals surface area contributed by atoms with E-state index in [9.17, 15) is 0 Å². The number of hydrogen-bond acceptors (Lipinski definition) is 2. The van der Waals surface area contributed by atoms with Gasteiger partial charge in [-0.3, -0.25) is 0 Å². The minimum atomic E-state index is 0.521. The summed E-state index contributed by atoms with van der Waals surface area (Å²) in [5.74, 6) is 0. The average molecular weight is 224 g/mol. The van der Waals surface area contributed by atoms with Crippen LogP contribution in [0.3, 0.4) is 0 Å². The predicted octanol–water partition coefficient (Wildman–Crippen LogP) is 2.69. The zero-order valence-corrected chi connectivity index (χ0v) is 11.1. The summed E-state index contributed by atoms with van der Waals surface area (Å²) >= 11 is 0. The highest BCUT2D eigenvalue weighted by atomic mass is 15.0. The van der Waals surface area contributed by atoms with Crippen molar-refractivity contribution in [1.82, 2.24) is 10.6 Å². The Hall–Kier alpha value is -0.0800. The molecule has 2 aliphatic rings. The number of rotatable bonds is 5. The van der Waals surface area contributed by atoms with Crippen molar-refractivity contribution >= 4 is 0 Å². The van der Waals surface area contributed by atoms with Crippen molar-refractivity contribution in [2.24, 2.45) is 5.41 Å². The van der Waals surface area contributed by atoms with Gasteiger partial charge >= 0.3 is 0 Å². The molecule has 1 aliphatic carbocycles. The first-order valence-corrected chi connectivity index (χ1v) is 7.20. The van der Waals surface area contributed by atoms with E-state index < -0.39 is 0 Å². The highest BCUT2D eigenvalue weighted by Gasteiger charge is 2.38. The zero-order valence-electron chi connectivity index (χ0n) is 11.1. The molecule has 0 aromatic rings. The van der Waals surface area contributed by atoms with Crippen LogP contribution in [0.15, 0.2) is 0 Å². The van der Waals surface area contributed by atoms with E-state index in [2.05, 4.69) is 24.5 Å². The van der Waals surface area contributed by atoms with Gasteiger partial charge in [0.15, 0.2) is 0 Å². The Labute approximate surface area is 101 Å². The molecule has 1 saturated heterocycles. The number of hydrogen-bond donors (Lipinski definition) is 2. The molecule has 0 unspecified atom stereocenters. The molecule has 0 bridgehead atoms. The van der Waals surface area contributed by atoms with Crippen molar-refractivity contribution in [3.05, 3.63) is 0 Å². The summed E-state index contributed by atoms with van der Waals surface area (Å²) in [6.07, 6.45) is 9.60. The van der Waals surface area contributed by atoms with Gasteiger partial charge in [-0.05, 0) is 63.5 Å². The van der Waals surface area contributed by atoms with E-state index in [-0.39, 0.29) is 0 Å². The number of nitrogens with one attached hydrogen (secondary N) is 2. The Balaban J connectivity index is 1.86. The van der Waals surface area contributed by atoms with Crippen molar-refractivity contribution < 1.29 is 0 Å². The summed E-state index contributed by atoms with van der Waals surface area (Å²) in [4.78, 5) is 0. The summed E-state index contributed by atoms with van der Waals surface area (Å²) in [5.41, 5.74) is 1.11. The van der Waals surface area contributed by atoms with Crippen LogP contribution in [0, 0.1) is 5.41 Å². The second-order valence-corrected chi connectivity index (χ2v) is 5.94. The molecule has 1 saturated carbocycles. The second-order valence-electron chi connectivity index (χ2n) is 5.94. The van der Waals surface area contributed by atoms with Gasteiger partial charge in [-0.15, -0.1) is 0 Å². The van der Waals surface area contributed by atoms with Gasteiger partial charge in [-0.2, -0.15) is 0 Å². The van der Waals surface area contributed by atoms with Gasteiger partial charge in [0.05, 0.1) is 0 Å². The van der Waals surface area contributed by atoms with E-state index in [1.807, 2.05) is 0 Å². The standard InChI is InChI=1S/C14H28N2/c1-3-13(8-10-15-11-9-13)12-16-14(4-2)6-5-7-14/h15-16H,3-12H2,1-2H3. The average Bonchev–Trinajstić information content (AvgIpc) is 2.29. The van der Waals surface area contributed by atoms with Crippen molar-refractivity contribution in [3.63, 3.8) is 0 Å². The highest BCUT2D eigenvalue weighted by molar-refractivity contribution is 4.97. The summed E-state index contributed by atoms with van der Waals surface area (Å²) in [6, 6.07) is 0. The fourth-order valence-corrected chi connectivity index (χ4v) is 3.25. The largest absolute Gasteiger partial charge is 0.317 e.